The third-order valence-electron chi connectivity index (χ3n) is 2.03. The lowest BCUT2D eigenvalue weighted by Crippen LogP contribution is -2.03. The number of nitrogens with two attached hydrogens (primary N) is 1. The van der Waals surface area contributed by atoms with Crippen LogP contribution in [0.1, 0.15) is 0 Å². The van der Waals surface area contributed by atoms with E-state index in [0.29, 0.717) is 0 Å². The van der Waals surface area contributed by atoms with E-state index in [2.05, 4.69) is 15.3 Å². The molecule has 0 bridgehead atoms. The van der Waals surface area contributed by atoms with Crippen molar-refractivity contribution >= 4 is 17.2 Å². The van der Waals surface area contributed by atoms with E-state index in [0.717, 1.165) is 12.1 Å². The van der Waals surface area contributed by atoms with E-state index in [4.69, 9.17) is 5.73 Å². The number of nitrogen functional groups attached to an aromatic ring is 1. The van der Waals surface area contributed by atoms with Crippen molar-refractivity contribution in [2.75, 3.05) is 11.1 Å². The zero-order valence-corrected chi connectivity index (χ0v) is 8.42. The Labute approximate surface area is 94.3 Å². The molecule has 0 fully saturated rings. The normalized spacial score (nSPS) is 10.3. The quantitative estimate of drug-likeness (QED) is 0.790. The molecule has 2 aromatic rings. The van der Waals surface area contributed by atoms with Crippen LogP contribution < -0.4 is 11.1 Å². The van der Waals surface area contributed by atoms with Crippen LogP contribution in [0.5, 0.6) is 0 Å². The molecule has 0 aliphatic rings. The fourth-order valence-corrected chi connectivity index (χ4v) is 1.19. The third kappa shape index (κ3) is 2.12. The van der Waals surface area contributed by atoms with E-state index in [9.17, 15) is 13.2 Å². The molecule has 7 heteroatoms. The van der Waals surface area contributed by atoms with E-state index in [1.54, 1.807) is 0 Å². The van der Waals surface area contributed by atoms with Crippen molar-refractivity contribution in [3.8, 4) is 0 Å². The molecule has 4 nitrogen and oxygen atoms in total. The second-order valence-electron chi connectivity index (χ2n) is 3.17. The van der Waals surface area contributed by atoms with Gasteiger partial charge in [-0.1, -0.05) is 0 Å². The van der Waals surface area contributed by atoms with Crippen molar-refractivity contribution in [1.82, 2.24) is 9.97 Å². The molecular formula is C10H7F3N4. The van der Waals surface area contributed by atoms with Crippen LogP contribution in [0.4, 0.5) is 30.4 Å². The van der Waals surface area contributed by atoms with Crippen molar-refractivity contribution in [3.63, 3.8) is 0 Å². The SMILES string of the molecule is Nc1cncnc1Nc1ccc(F)c(F)c1F. The summed E-state index contributed by atoms with van der Waals surface area (Å²) in [7, 11) is 0. The summed E-state index contributed by atoms with van der Waals surface area (Å²) in [6, 6.07) is 1.85. The van der Waals surface area contributed by atoms with Crippen molar-refractivity contribution < 1.29 is 13.2 Å². The zero-order valence-electron chi connectivity index (χ0n) is 8.42. The molecule has 0 aliphatic heterocycles. The first-order valence-corrected chi connectivity index (χ1v) is 4.55. The highest BCUT2D eigenvalue weighted by molar-refractivity contribution is 5.67. The molecule has 0 unspecified atom stereocenters. The lowest BCUT2D eigenvalue weighted by molar-refractivity contribution is 0.449. The Morgan fingerprint density at radius 2 is 1.88 bits per heavy atom. The van der Waals surface area contributed by atoms with Gasteiger partial charge in [0.05, 0.1) is 17.6 Å². The number of nitrogens with one attached hydrogen (secondary N) is 1. The number of hydrogen-bond donors (Lipinski definition) is 2. The zero-order chi connectivity index (χ0) is 12.4. The van der Waals surface area contributed by atoms with Gasteiger partial charge in [0.2, 0.25) is 0 Å². The average Bonchev–Trinajstić information content (AvgIpc) is 2.32. The fraction of sp³-hybridized carbons (Fsp3) is 0. The van der Waals surface area contributed by atoms with E-state index < -0.39 is 17.5 Å². The Bertz CT molecular complexity index is 559. The highest BCUT2D eigenvalue weighted by atomic mass is 19.2. The van der Waals surface area contributed by atoms with Gasteiger partial charge in [-0.25, -0.2) is 23.1 Å². The summed E-state index contributed by atoms with van der Waals surface area (Å²) in [5, 5.41) is 2.45. The summed E-state index contributed by atoms with van der Waals surface area (Å²) in [5.74, 6) is -4.03. The molecule has 1 aromatic heterocycles. The molecule has 1 aromatic carbocycles. The molecule has 0 saturated heterocycles. The predicted molar refractivity (Wildman–Crippen MR) is 56.0 cm³/mol. The number of rotatable bonds is 2. The monoisotopic (exact) mass is 240 g/mol. The molecule has 0 radical (unpaired) electrons. The summed E-state index contributed by atoms with van der Waals surface area (Å²) >= 11 is 0. The van der Waals surface area contributed by atoms with Gasteiger partial charge in [-0.3, -0.25) is 0 Å². The first-order valence-electron chi connectivity index (χ1n) is 4.55. The van der Waals surface area contributed by atoms with Gasteiger partial charge in [0.15, 0.2) is 23.3 Å². The molecule has 3 N–H and O–H groups in total. The van der Waals surface area contributed by atoms with Gasteiger partial charge in [0, 0.05) is 0 Å². The second kappa shape index (κ2) is 4.28. The molecule has 0 spiro atoms. The Morgan fingerprint density at radius 1 is 1.12 bits per heavy atom. The summed E-state index contributed by atoms with van der Waals surface area (Å²) in [6.45, 7) is 0. The maximum Gasteiger partial charge on any atom is 0.196 e. The Hall–Kier alpha value is -2.31. The lowest BCUT2D eigenvalue weighted by atomic mass is 10.2. The molecule has 0 atom stereocenters. The summed E-state index contributed by atoms with van der Waals surface area (Å²) in [6.07, 6.45) is 2.49. The number of anilines is 3. The standard InChI is InChI=1S/C10H7F3N4/c11-5-1-2-7(9(13)8(5)12)17-10-6(14)3-15-4-16-10/h1-4H,14H2,(H,15,16,17). The summed E-state index contributed by atoms with van der Waals surface area (Å²) in [5.41, 5.74) is 5.42. The van der Waals surface area contributed by atoms with Crippen LogP contribution >= 0.6 is 0 Å². The minimum absolute atomic E-state index is 0.116. The van der Waals surface area contributed by atoms with Gasteiger partial charge >= 0.3 is 0 Å². The molecule has 0 saturated carbocycles. The number of aromatic nitrogens is 2. The van der Waals surface area contributed by atoms with Crippen LogP contribution in [-0.4, -0.2) is 9.97 Å². The van der Waals surface area contributed by atoms with Gasteiger partial charge in [-0.15, -0.1) is 0 Å². The van der Waals surface area contributed by atoms with E-state index >= 15 is 0 Å². The van der Waals surface area contributed by atoms with Crippen LogP contribution in [0, 0.1) is 17.5 Å². The molecule has 88 valence electrons. The molecule has 0 amide bonds. The van der Waals surface area contributed by atoms with E-state index in [-0.39, 0.29) is 17.2 Å². The Morgan fingerprint density at radius 3 is 2.59 bits per heavy atom. The highest BCUT2D eigenvalue weighted by Gasteiger charge is 2.14. The fourth-order valence-electron chi connectivity index (χ4n) is 1.19. The predicted octanol–water partition coefficient (Wildman–Crippen LogP) is 2.22. The van der Waals surface area contributed by atoms with Gasteiger partial charge in [0.1, 0.15) is 6.33 Å². The van der Waals surface area contributed by atoms with Crippen LogP contribution in [0.2, 0.25) is 0 Å². The van der Waals surface area contributed by atoms with Gasteiger partial charge in [-0.05, 0) is 12.1 Å². The molecule has 2 rings (SSSR count). The van der Waals surface area contributed by atoms with Crippen LogP contribution in [0.3, 0.4) is 0 Å². The number of nitrogens with zero attached hydrogens (tertiary/aromatic N) is 2. The second-order valence-corrected chi connectivity index (χ2v) is 3.17. The molecular weight excluding hydrogens is 233 g/mol. The Kier molecular flexibility index (Phi) is 2.82. The highest BCUT2D eigenvalue weighted by Crippen LogP contribution is 2.24. The number of hydrogen-bond acceptors (Lipinski definition) is 4. The maximum atomic E-state index is 13.3. The average molecular weight is 240 g/mol. The maximum absolute atomic E-state index is 13.3. The smallest absolute Gasteiger partial charge is 0.196 e. The van der Waals surface area contributed by atoms with Crippen molar-refractivity contribution in [2.24, 2.45) is 0 Å². The van der Waals surface area contributed by atoms with Gasteiger partial charge in [0.25, 0.3) is 0 Å². The van der Waals surface area contributed by atoms with Crippen LogP contribution in [0.15, 0.2) is 24.7 Å². The minimum atomic E-state index is -1.55. The van der Waals surface area contributed by atoms with Crippen molar-refractivity contribution in [2.45, 2.75) is 0 Å². The molecule has 17 heavy (non-hydrogen) atoms. The van der Waals surface area contributed by atoms with Gasteiger partial charge < -0.3 is 11.1 Å². The van der Waals surface area contributed by atoms with E-state index in [1.807, 2.05) is 0 Å². The van der Waals surface area contributed by atoms with Gasteiger partial charge in [-0.2, -0.15) is 0 Å². The number of benzene rings is 1. The van der Waals surface area contributed by atoms with Crippen LogP contribution in [0.25, 0.3) is 0 Å². The summed E-state index contributed by atoms with van der Waals surface area (Å²) in [4.78, 5) is 7.37. The third-order valence-corrected chi connectivity index (χ3v) is 2.03. The Balaban J connectivity index is 2.38. The minimum Gasteiger partial charge on any atom is -0.394 e. The van der Waals surface area contributed by atoms with Crippen molar-refractivity contribution in [1.29, 1.82) is 0 Å². The van der Waals surface area contributed by atoms with Crippen LogP contribution in [-0.2, 0) is 0 Å². The largest absolute Gasteiger partial charge is 0.394 e. The first-order chi connectivity index (χ1) is 8.09. The lowest BCUT2D eigenvalue weighted by Gasteiger charge is -2.08. The first kappa shape index (κ1) is 11.2. The topological polar surface area (TPSA) is 63.8 Å². The number of halogens is 3. The van der Waals surface area contributed by atoms with Crippen molar-refractivity contribution in [3.05, 3.63) is 42.1 Å². The molecule has 0 aliphatic carbocycles. The summed E-state index contributed by atoms with van der Waals surface area (Å²) < 4.78 is 38.9. The van der Waals surface area contributed by atoms with E-state index in [1.165, 1.54) is 12.5 Å². The molecule has 1 heterocycles.